The van der Waals surface area contributed by atoms with Crippen LogP contribution in [-0.2, 0) is 14.4 Å². The van der Waals surface area contributed by atoms with Crippen molar-refractivity contribution in [3.63, 3.8) is 0 Å². The molecular formula is C10H11F5O2Si. The van der Waals surface area contributed by atoms with Crippen LogP contribution in [0.15, 0.2) is 12.1 Å². The summed E-state index contributed by atoms with van der Waals surface area (Å²) >= 11 is 0. The molecule has 0 aliphatic rings. The van der Waals surface area contributed by atoms with Crippen molar-refractivity contribution in [3.05, 3.63) is 35.1 Å². The lowest BCUT2D eigenvalue weighted by molar-refractivity contribution is 0.0147. The maximum atomic E-state index is 14.1. The molecule has 102 valence electrons. The molecule has 0 radical (unpaired) electrons. The molecular weight excluding hydrogens is 275 g/mol. The van der Waals surface area contributed by atoms with Crippen LogP contribution in [0.25, 0.3) is 0 Å². The van der Waals surface area contributed by atoms with Gasteiger partial charge in [-0.25, -0.2) is 13.2 Å². The molecule has 0 atom stereocenters. The van der Waals surface area contributed by atoms with Crippen LogP contribution < -0.4 is 0 Å². The van der Waals surface area contributed by atoms with Gasteiger partial charge in [-0.15, -0.1) is 0 Å². The molecule has 0 spiro atoms. The highest BCUT2D eigenvalue weighted by atomic mass is 28.4. The van der Waals surface area contributed by atoms with Crippen LogP contribution in [0.4, 0.5) is 22.0 Å². The third kappa shape index (κ3) is 2.15. The van der Waals surface area contributed by atoms with Crippen molar-refractivity contribution in [2.45, 2.75) is 12.1 Å². The van der Waals surface area contributed by atoms with E-state index < -0.39 is 37.1 Å². The standard InChI is InChI=1S/C10H11F5O2Si/c1-16-18(3,17-2)10(14,15)6-4-5-7(11)9(13)8(6)12/h4-5H,1-3H3. The summed E-state index contributed by atoms with van der Waals surface area (Å²) in [5.41, 5.74) is -5.14. The number of hydrogen-bond donors (Lipinski definition) is 0. The quantitative estimate of drug-likeness (QED) is 0.481. The Hall–Kier alpha value is -0.993. The predicted molar refractivity (Wildman–Crippen MR) is 55.8 cm³/mol. The number of alkyl halides is 2. The van der Waals surface area contributed by atoms with Crippen molar-refractivity contribution < 1.29 is 30.8 Å². The summed E-state index contributed by atoms with van der Waals surface area (Å²) in [4.78, 5) is 0. The molecule has 0 fully saturated rings. The third-order valence-electron chi connectivity index (χ3n) is 2.72. The zero-order valence-electron chi connectivity index (χ0n) is 9.86. The monoisotopic (exact) mass is 286 g/mol. The SMILES string of the molecule is CO[Si](C)(OC)C(F)(F)c1ccc(F)c(F)c1F. The molecule has 0 aliphatic carbocycles. The van der Waals surface area contributed by atoms with Gasteiger partial charge in [0.05, 0.1) is 5.56 Å². The highest BCUT2D eigenvalue weighted by molar-refractivity contribution is 6.68. The third-order valence-corrected chi connectivity index (χ3v) is 5.69. The van der Waals surface area contributed by atoms with Gasteiger partial charge in [0.2, 0.25) is 0 Å². The van der Waals surface area contributed by atoms with E-state index in [4.69, 9.17) is 0 Å². The second kappa shape index (κ2) is 4.94. The van der Waals surface area contributed by atoms with Gasteiger partial charge in [-0.1, -0.05) is 0 Å². The van der Waals surface area contributed by atoms with Gasteiger partial charge in [0.1, 0.15) is 0 Å². The van der Waals surface area contributed by atoms with E-state index in [0.29, 0.717) is 12.1 Å². The van der Waals surface area contributed by atoms with Crippen molar-refractivity contribution in [3.8, 4) is 0 Å². The minimum Gasteiger partial charge on any atom is -0.394 e. The smallest absolute Gasteiger partial charge is 0.394 e. The second-order valence-electron chi connectivity index (χ2n) is 3.65. The Morgan fingerprint density at radius 1 is 1.00 bits per heavy atom. The van der Waals surface area contributed by atoms with Crippen molar-refractivity contribution in [2.24, 2.45) is 0 Å². The van der Waals surface area contributed by atoms with Gasteiger partial charge in [0, 0.05) is 14.2 Å². The van der Waals surface area contributed by atoms with Crippen LogP contribution >= 0.6 is 0 Å². The number of rotatable bonds is 4. The maximum absolute atomic E-state index is 14.1. The van der Waals surface area contributed by atoms with Crippen LogP contribution in [0.3, 0.4) is 0 Å². The van der Waals surface area contributed by atoms with E-state index in [2.05, 4.69) is 8.85 Å². The number of benzene rings is 1. The molecule has 0 aliphatic heterocycles. The molecule has 0 amide bonds. The van der Waals surface area contributed by atoms with Gasteiger partial charge in [-0.05, 0) is 18.7 Å². The van der Waals surface area contributed by atoms with Crippen LogP contribution in [0.5, 0.6) is 0 Å². The van der Waals surface area contributed by atoms with Gasteiger partial charge in [0.25, 0.3) is 0 Å². The topological polar surface area (TPSA) is 18.5 Å². The lowest BCUT2D eigenvalue weighted by Gasteiger charge is -2.31. The van der Waals surface area contributed by atoms with Crippen LogP contribution in [0, 0.1) is 17.5 Å². The molecule has 0 unspecified atom stereocenters. The summed E-state index contributed by atoms with van der Waals surface area (Å²) in [6, 6.07) is 0.916. The number of halogens is 5. The summed E-state index contributed by atoms with van der Waals surface area (Å²) in [6.45, 7) is 0.994. The fraction of sp³-hybridized carbons (Fsp3) is 0.400. The van der Waals surface area contributed by atoms with E-state index >= 15 is 0 Å². The molecule has 0 saturated carbocycles. The summed E-state index contributed by atoms with van der Waals surface area (Å²) in [5.74, 6) is -5.42. The molecule has 8 heteroatoms. The van der Waals surface area contributed by atoms with Crippen molar-refractivity contribution in [1.82, 2.24) is 0 Å². The molecule has 0 saturated heterocycles. The van der Waals surface area contributed by atoms with Crippen LogP contribution in [0.2, 0.25) is 6.55 Å². The molecule has 0 N–H and O–H groups in total. The van der Waals surface area contributed by atoms with Crippen molar-refractivity contribution >= 4 is 8.56 Å². The normalized spacial score (nSPS) is 12.9. The summed E-state index contributed by atoms with van der Waals surface area (Å²) in [7, 11) is -2.12. The highest BCUT2D eigenvalue weighted by Crippen LogP contribution is 2.40. The van der Waals surface area contributed by atoms with Gasteiger partial charge < -0.3 is 8.85 Å². The van der Waals surface area contributed by atoms with Crippen molar-refractivity contribution in [2.75, 3.05) is 14.2 Å². The second-order valence-corrected chi connectivity index (χ2v) is 6.99. The van der Waals surface area contributed by atoms with Gasteiger partial charge in [0.15, 0.2) is 17.5 Å². The molecule has 1 aromatic rings. The largest absolute Gasteiger partial charge is 0.416 e. The first-order chi connectivity index (χ1) is 8.21. The molecule has 0 bridgehead atoms. The van der Waals surface area contributed by atoms with E-state index in [0.717, 1.165) is 20.8 Å². The minimum absolute atomic E-state index is 0.432. The first kappa shape index (κ1) is 15.1. The summed E-state index contributed by atoms with van der Waals surface area (Å²) in [5, 5.41) is 0. The lowest BCUT2D eigenvalue weighted by Crippen LogP contribution is -2.53. The zero-order valence-corrected chi connectivity index (χ0v) is 10.9. The van der Waals surface area contributed by atoms with Gasteiger partial charge in [-0.3, -0.25) is 0 Å². The minimum atomic E-state index is -4.10. The Morgan fingerprint density at radius 3 is 1.94 bits per heavy atom. The number of hydrogen-bond acceptors (Lipinski definition) is 2. The van der Waals surface area contributed by atoms with E-state index in [1.807, 2.05) is 0 Å². The van der Waals surface area contributed by atoms with Gasteiger partial charge in [-0.2, -0.15) is 8.78 Å². The molecule has 0 aromatic heterocycles. The van der Waals surface area contributed by atoms with Crippen LogP contribution in [0.1, 0.15) is 5.56 Å². The van der Waals surface area contributed by atoms with E-state index in [1.54, 1.807) is 0 Å². The Kier molecular flexibility index (Phi) is 4.14. The zero-order chi connectivity index (χ0) is 14.1. The average molecular weight is 286 g/mol. The lowest BCUT2D eigenvalue weighted by atomic mass is 10.2. The molecule has 1 rings (SSSR count). The van der Waals surface area contributed by atoms with Gasteiger partial charge >= 0.3 is 14.1 Å². The van der Waals surface area contributed by atoms with Crippen molar-refractivity contribution in [1.29, 1.82) is 0 Å². The first-order valence-corrected chi connectivity index (χ1v) is 7.15. The summed E-state index contributed by atoms with van der Waals surface area (Å²) < 4.78 is 76.4. The van der Waals surface area contributed by atoms with E-state index in [-0.39, 0.29) is 0 Å². The maximum Gasteiger partial charge on any atom is 0.416 e. The fourth-order valence-corrected chi connectivity index (χ4v) is 2.71. The highest BCUT2D eigenvalue weighted by Gasteiger charge is 2.59. The molecule has 18 heavy (non-hydrogen) atoms. The summed E-state index contributed by atoms with van der Waals surface area (Å²) in [6.07, 6.45) is 0. The molecule has 1 aromatic carbocycles. The van der Waals surface area contributed by atoms with E-state index in [9.17, 15) is 22.0 Å². The van der Waals surface area contributed by atoms with E-state index in [1.165, 1.54) is 0 Å². The Balaban J connectivity index is 3.41. The first-order valence-electron chi connectivity index (χ1n) is 4.83. The Bertz CT molecular complexity index is 448. The molecule has 2 nitrogen and oxygen atoms in total. The Morgan fingerprint density at radius 2 is 1.50 bits per heavy atom. The average Bonchev–Trinajstić information content (AvgIpc) is 2.34. The predicted octanol–water partition coefficient (Wildman–Crippen LogP) is 3.10. The fourth-order valence-electron chi connectivity index (χ4n) is 1.35. The molecule has 0 heterocycles. The van der Waals surface area contributed by atoms with Crippen LogP contribution in [-0.4, -0.2) is 22.8 Å². The Labute approximate surface area is 102 Å².